The third-order valence-corrected chi connectivity index (χ3v) is 2.47. The number of rotatable bonds is 2. The van der Waals surface area contributed by atoms with Gasteiger partial charge in [0, 0.05) is 11.1 Å². The van der Waals surface area contributed by atoms with Gasteiger partial charge in [-0.25, -0.2) is 4.39 Å². The molecule has 2 aromatic rings. The van der Waals surface area contributed by atoms with Crippen LogP contribution >= 0.6 is 0 Å². The van der Waals surface area contributed by atoms with Gasteiger partial charge in [-0.2, -0.15) is 5.26 Å². The molecule has 0 saturated heterocycles. The highest BCUT2D eigenvalue weighted by Crippen LogP contribution is 2.17. The molecule has 0 atom stereocenters. The van der Waals surface area contributed by atoms with Crippen molar-refractivity contribution < 1.29 is 13.9 Å². The molecular formula is C16H8FNO2. The fraction of sp³-hybridized carbons (Fsp3) is 0. The molecule has 3 nitrogen and oxygen atoms in total. The molecule has 2 rings (SSSR count). The zero-order chi connectivity index (χ0) is 14.4. The molecular weight excluding hydrogens is 257 g/mol. The van der Waals surface area contributed by atoms with E-state index in [1.807, 2.05) is 6.07 Å². The van der Waals surface area contributed by atoms with Crippen LogP contribution in [0.5, 0.6) is 5.75 Å². The molecule has 0 amide bonds. The zero-order valence-corrected chi connectivity index (χ0v) is 10.3. The van der Waals surface area contributed by atoms with Gasteiger partial charge in [-0.3, -0.25) is 4.79 Å². The van der Waals surface area contributed by atoms with Gasteiger partial charge in [-0.1, -0.05) is 11.8 Å². The molecule has 0 aliphatic heterocycles. The van der Waals surface area contributed by atoms with Gasteiger partial charge >= 0.3 is 0 Å². The van der Waals surface area contributed by atoms with Gasteiger partial charge in [0.05, 0.1) is 11.6 Å². The second-order valence-corrected chi connectivity index (χ2v) is 3.80. The lowest BCUT2D eigenvalue weighted by Gasteiger charge is -1.99. The van der Waals surface area contributed by atoms with Crippen LogP contribution in [0.25, 0.3) is 0 Å². The highest BCUT2D eigenvalue weighted by molar-refractivity contribution is 5.49. The predicted molar refractivity (Wildman–Crippen MR) is 70.2 cm³/mol. The van der Waals surface area contributed by atoms with Gasteiger partial charge in [0.2, 0.25) is 0 Å². The van der Waals surface area contributed by atoms with Gasteiger partial charge in [-0.05, 0) is 42.5 Å². The molecule has 96 valence electrons. The molecule has 0 saturated carbocycles. The number of carbonyl (C=O) groups is 1. The highest BCUT2D eigenvalue weighted by atomic mass is 19.1. The average Bonchev–Trinajstić information content (AvgIpc) is 2.48. The SMILES string of the molecule is N#Cc1ccc(C#Cc2ccc(OC=O)c(F)c2)cc1. The molecule has 0 spiro atoms. The van der Waals surface area contributed by atoms with E-state index in [9.17, 15) is 9.18 Å². The zero-order valence-electron chi connectivity index (χ0n) is 10.3. The van der Waals surface area contributed by atoms with Gasteiger partial charge in [0.1, 0.15) is 0 Å². The van der Waals surface area contributed by atoms with E-state index in [-0.39, 0.29) is 12.2 Å². The Kier molecular flexibility index (Phi) is 4.11. The third-order valence-electron chi connectivity index (χ3n) is 2.47. The first kappa shape index (κ1) is 13.3. The lowest BCUT2D eigenvalue weighted by atomic mass is 10.1. The molecule has 0 fully saturated rings. The maximum atomic E-state index is 13.5. The first-order chi connectivity index (χ1) is 9.72. The van der Waals surface area contributed by atoms with Gasteiger partial charge in [-0.15, -0.1) is 0 Å². The molecule has 0 heterocycles. The fourth-order valence-electron chi connectivity index (χ4n) is 1.50. The lowest BCUT2D eigenvalue weighted by molar-refractivity contribution is -0.120. The summed E-state index contributed by atoms with van der Waals surface area (Å²) in [4.78, 5) is 10.1. The Balaban J connectivity index is 2.22. The molecule has 20 heavy (non-hydrogen) atoms. The fourth-order valence-corrected chi connectivity index (χ4v) is 1.50. The molecule has 0 radical (unpaired) electrons. The average molecular weight is 265 g/mol. The lowest BCUT2D eigenvalue weighted by Crippen LogP contribution is -1.92. The Morgan fingerprint density at radius 3 is 2.20 bits per heavy atom. The van der Waals surface area contributed by atoms with Crippen molar-refractivity contribution in [3.63, 3.8) is 0 Å². The Morgan fingerprint density at radius 2 is 1.60 bits per heavy atom. The minimum atomic E-state index is -0.649. The predicted octanol–water partition coefficient (Wildman–Crippen LogP) is 2.63. The third kappa shape index (κ3) is 3.22. The van der Waals surface area contributed by atoms with E-state index >= 15 is 0 Å². The van der Waals surface area contributed by atoms with Crippen molar-refractivity contribution in [2.75, 3.05) is 0 Å². The van der Waals surface area contributed by atoms with Gasteiger partial charge < -0.3 is 4.74 Å². The first-order valence-corrected chi connectivity index (χ1v) is 5.65. The van der Waals surface area contributed by atoms with Crippen LogP contribution < -0.4 is 4.74 Å². The number of hydrogen-bond acceptors (Lipinski definition) is 3. The number of halogens is 1. The van der Waals surface area contributed by atoms with Gasteiger partial charge in [0.15, 0.2) is 11.6 Å². The number of nitriles is 1. The maximum absolute atomic E-state index is 13.5. The number of hydrogen-bond donors (Lipinski definition) is 0. The van der Waals surface area contributed by atoms with Crippen LogP contribution in [-0.4, -0.2) is 6.47 Å². The quantitative estimate of drug-likeness (QED) is 0.619. The van der Waals surface area contributed by atoms with Crippen LogP contribution in [0.3, 0.4) is 0 Å². The minimum absolute atomic E-state index is 0.135. The summed E-state index contributed by atoms with van der Waals surface area (Å²) in [7, 11) is 0. The topological polar surface area (TPSA) is 50.1 Å². The minimum Gasteiger partial charge on any atom is -0.426 e. The smallest absolute Gasteiger partial charge is 0.298 e. The van der Waals surface area contributed by atoms with E-state index in [0.29, 0.717) is 11.1 Å². The summed E-state index contributed by atoms with van der Waals surface area (Å²) in [5.74, 6) is 4.86. The Labute approximate surface area is 115 Å². The summed E-state index contributed by atoms with van der Waals surface area (Å²) in [5.41, 5.74) is 1.74. The normalized spacial score (nSPS) is 9.00. The largest absolute Gasteiger partial charge is 0.426 e. The van der Waals surface area contributed by atoms with Crippen molar-refractivity contribution in [2.24, 2.45) is 0 Å². The standard InChI is InChI=1S/C16H8FNO2/c17-15-9-13(7-8-16(15)20-11-19)4-1-12-2-5-14(10-18)6-3-12/h2-3,5-9,11H. The van der Waals surface area contributed by atoms with E-state index in [0.717, 1.165) is 5.56 Å². The Morgan fingerprint density at radius 1 is 1.00 bits per heavy atom. The Hall–Kier alpha value is -3.11. The van der Waals surface area contributed by atoms with Crippen molar-refractivity contribution in [3.8, 4) is 23.7 Å². The number of benzene rings is 2. The number of ether oxygens (including phenoxy) is 1. The monoisotopic (exact) mass is 265 g/mol. The van der Waals surface area contributed by atoms with E-state index in [1.54, 1.807) is 30.3 Å². The summed E-state index contributed by atoms with van der Waals surface area (Å²) in [6.07, 6.45) is 0. The molecule has 2 aromatic carbocycles. The Bertz CT molecular complexity index is 734. The van der Waals surface area contributed by atoms with Crippen molar-refractivity contribution >= 4 is 6.47 Å². The molecule has 0 aliphatic carbocycles. The van der Waals surface area contributed by atoms with E-state index in [4.69, 9.17) is 5.26 Å². The van der Waals surface area contributed by atoms with Crippen LogP contribution in [0, 0.1) is 29.0 Å². The second-order valence-electron chi connectivity index (χ2n) is 3.80. The molecule has 0 N–H and O–H groups in total. The van der Waals surface area contributed by atoms with Crippen molar-refractivity contribution in [1.29, 1.82) is 5.26 Å². The summed E-state index contributed by atoms with van der Waals surface area (Å²) in [5, 5.41) is 8.67. The number of carbonyl (C=O) groups excluding carboxylic acids is 1. The van der Waals surface area contributed by atoms with E-state index < -0.39 is 5.82 Å². The van der Waals surface area contributed by atoms with Crippen LogP contribution in [0.2, 0.25) is 0 Å². The molecule has 0 bridgehead atoms. The van der Waals surface area contributed by atoms with E-state index in [1.165, 1.54) is 12.1 Å². The number of nitrogens with zero attached hydrogens (tertiary/aromatic N) is 1. The van der Waals surface area contributed by atoms with Crippen LogP contribution in [-0.2, 0) is 4.79 Å². The molecule has 0 unspecified atom stereocenters. The summed E-state index contributed by atoms with van der Waals surface area (Å²) < 4.78 is 17.9. The molecule has 0 aromatic heterocycles. The van der Waals surface area contributed by atoms with Crippen LogP contribution in [0.4, 0.5) is 4.39 Å². The van der Waals surface area contributed by atoms with Crippen molar-refractivity contribution in [3.05, 3.63) is 65.0 Å². The first-order valence-electron chi connectivity index (χ1n) is 5.65. The second kappa shape index (κ2) is 6.17. The summed E-state index contributed by atoms with van der Waals surface area (Å²) >= 11 is 0. The van der Waals surface area contributed by atoms with Gasteiger partial charge in [0.25, 0.3) is 6.47 Å². The van der Waals surface area contributed by atoms with Crippen LogP contribution in [0.15, 0.2) is 42.5 Å². The molecule has 0 aliphatic rings. The van der Waals surface area contributed by atoms with Crippen molar-refractivity contribution in [2.45, 2.75) is 0 Å². The maximum Gasteiger partial charge on any atom is 0.298 e. The van der Waals surface area contributed by atoms with Crippen molar-refractivity contribution in [1.82, 2.24) is 0 Å². The van der Waals surface area contributed by atoms with E-state index in [2.05, 4.69) is 16.6 Å². The van der Waals surface area contributed by atoms with Crippen LogP contribution in [0.1, 0.15) is 16.7 Å². The highest BCUT2D eigenvalue weighted by Gasteiger charge is 2.02. The molecule has 4 heteroatoms. The summed E-state index contributed by atoms with van der Waals surface area (Å²) in [6, 6.07) is 12.8. The summed E-state index contributed by atoms with van der Waals surface area (Å²) in [6.45, 7) is 0.167.